The molecule has 156 valence electrons. The van der Waals surface area contributed by atoms with Crippen LogP contribution in [0.3, 0.4) is 0 Å². The van der Waals surface area contributed by atoms with Crippen molar-refractivity contribution in [2.45, 2.75) is 26.3 Å². The number of nitrogens with one attached hydrogen (secondary N) is 2. The predicted molar refractivity (Wildman–Crippen MR) is 111 cm³/mol. The van der Waals surface area contributed by atoms with Crippen LogP contribution < -0.4 is 15.5 Å². The third-order valence-corrected chi connectivity index (χ3v) is 6.61. The summed E-state index contributed by atoms with van der Waals surface area (Å²) < 4.78 is 30.5. The summed E-state index contributed by atoms with van der Waals surface area (Å²) in [6, 6.07) is 7.16. The Morgan fingerprint density at radius 2 is 2.14 bits per heavy atom. The minimum absolute atomic E-state index is 0.0366. The summed E-state index contributed by atoms with van der Waals surface area (Å²) >= 11 is 0. The Hall–Kier alpha value is -2.88. The van der Waals surface area contributed by atoms with Crippen molar-refractivity contribution in [2.24, 2.45) is 5.10 Å². The number of hydrogen-bond donors (Lipinski definition) is 2. The first kappa shape index (κ1) is 20.8. The average molecular weight is 420 g/mol. The van der Waals surface area contributed by atoms with Crippen LogP contribution >= 0.6 is 0 Å². The lowest BCUT2D eigenvalue weighted by atomic mass is 10.2. The van der Waals surface area contributed by atoms with Gasteiger partial charge in [-0.15, -0.1) is 0 Å². The second-order valence-corrected chi connectivity index (χ2v) is 9.16. The summed E-state index contributed by atoms with van der Waals surface area (Å²) in [7, 11) is -1.43. The highest BCUT2D eigenvalue weighted by atomic mass is 32.2. The summed E-state index contributed by atoms with van der Waals surface area (Å²) in [6.45, 7) is 3.74. The zero-order valence-electron chi connectivity index (χ0n) is 16.7. The van der Waals surface area contributed by atoms with Gasteiger partial charge in [0.2, 0.25) is 0 Å². The van der Waals surface area contributed by atoms with Crippen molar-refractivity contribution in [1.29, 1.82) is 0 Å². The number of aryl methyl sites for hydroxylation is 1. The van der Waals surface area contributed by atoms with Gasteiger partial charge in [-0.2, -0.15) is 10.2 Å². The molecular formula is C19H25N5O4S. The van der Waals surface area contributed by atoms with Gasteiger partial charge in [-0.05, 0) is 32.4 Å². The monoisotopic (exact) mass is 419 g/mol. The Kier molecular flexibility index (Phi) is 6.21. The molecule has 1 aliphatic heterocycles. The van der Waals surface area contributed by atoms with E-state index in [2.05, 4.69) is 20.9 Å². The van der Waals surface area contributed by atoms with Crippen LogP contribution in [0.15, 0.2) is 29.4 Å². The molecular weight excluding hydrogens is 394 g/mol. The molecule has 3 rings (SSSR count). The zero-order valence-corrected chi connectivity index (χ0v) is 17.5. The van der Waals surface area contributed by atoms with E-state index < -0.39 is 9.84 Å². The van der Waals surface area contributed by atoms with E-state index in [0.717, 1.165) is 17.0 Å². The molecule has 1 aromatic carbocycles. The van der Waals surface area contributed by atoms with E-state index in [-0.39, 0.29) is 30.0 Å². The molecule has 0 radical (unpaired) electrons. The lowest BCUT2D eigenvalue weighted by molar-refractivity contribution is -0.119. The molecule has 29 heavy (non-hydrogen) atoms. The van der Waals surface area contributed by atoms with Crippen LogP contribution in [0, 0.1) is 13.8 Å². The van der Waals surface area contributed by atoms with E-state index in [1.165, 1.54) is 0 Å². The summed E-state index contributed by atoms with van der Waals surface area (Å²) in [6.07, 6.45) is 2.10. The smallest absolute Gasteiger partial charge is 0.259 e. The molecule has 1 aliphatic rings. The van der Waals surface area contributed by atoms with Crippen LogP contribution in [0.25, 0.3) is 0 Å². The molecule has 1 saturated heterocycles. The van der Waals surface area contributed by atoms with Crippen LogP contribution in [-0.2, 0) is 14.6 Å². The van der Waals surface area contributed by atoms with Crippen molar-refractivity contribution in [3.05, 3.63) is 41.2 Å². The molecule has 0 saturated carbocycles. The highest BCUT2D eigenvalue weighted by Gasteiger charge is 2.31. The third-order valence-electron chi connectivity index (χ3n) is 4.86. The number of para-hydroxylation sites is 2. The summed E-state index contributed by atoms with van der Waals surface area (Å²) in [5.74, 6) is 0.638. The fourth-order valence-electron chi connectivity index (χ4n) is 3.36. The van der Waals surface area contributed by atoms with Crippen molar-refractivity contribution >= 4 is 27.6 Å². The van der Waals surface area contributed by atoms with Crippen molar-refractivity contribution in [3.8, 4) is 5.75 Å². The first-order valence-corrected chi connectivity index (χ1v) is 11.1. The highest BCUT2D eigenvalue weighted by molar-refractivity contribution is 7.91. The van der Waals surface area contributed by atoms with E-state index in [0.29, 0.717) is 17.9 Å². The maximum atomic E-state index is 12.0. The average Bonchev–Trinajstić information content (AvgIpc) is 3.19. The molecule has 9 nitrogen and oxygen atoms in total. The maximum Gasteiger partial charge on any atom is 0.259 e. The number of benzene rings is 1. The van der Waals surface area contributed by atoms with Crippen molar-refractivity contribution in [1.82, 2.24) is 15.2 Å². The number of hydrazone groups is 1. The van der Waals surface area contributed by atoms with Gasteiger partial charge >= 0.3 is 0 Å². The SMILES string of the molecule is COc1ccccc1NCC(=O)N/N=C\c1c(C)nn([C@@H]2CCS(=O)(=O)C2)c1C. The summed E-state index contributed by atoms with van der Waals surface area (Å²) in [4.78, 5) is 12.0. The van der Waals surface area contributed by atoms with Crippen LogP contribution in [-0.4, -0.2) is 55.5 Å². The number of rotatable bonds is 7. The fraction of sp³-hybridized carbons (Fsp3) is 0.421. The number of amides is 1. The molecule has 1 aromatic heterocycles. The molecule has 2 heterocycles. The number of sulfone groups is 1. The van der Waals surface area contributed by atoms with Gasteiger partial charge in [-0.1, -0.05) is 12.1 Å². The van der Waals surface area contributed by atoms with Crippen molar-refractivity contribution in [3.63, 3.8) is 0 Å². The van der Waals surface area contributed by atoms with E-state index >= 15 is 0 Å². The lowest BCUT2D eigenvalue weighted by Gasteiger charge is -2.11. The first-order valence-electron chi connectivity index (χ1n) is 9.25. The van der Waals surface area contributed by atoms with E-state index in [9.17, 15) is 13.2 Å². The predicted octanol–water partition coefficient (Wildman–Crippen LogP) is 1.43. The molecule has 1 fully saturated rings. The Bertz CT molecular complexity index is 1030. The van der Waals surface area contributed by atoms with Crippen LogP contribution in [0.1, 0.15) is 29.4 Å². The molecule has 0 bridgehead atoms. The molecule has 1 atom stereocenters. The van der Waals surface area contributed by atoms with E-state index in [1.807, 2.05) is 32.0 Å². The Labute approximate surface area is 170 Å². The Morgan fingerprint density at radius 3 is 2.83 bits per heavy atom. The van der Waals surface area contributed by atoms with Crippen LogP contribution in [0.2, 0.25) is 0 Å². The zero-order chi connectivity index (χ0) is 21.0. The number of ether oxygens (including phenoxy) is 1. The Balaban J connectivity index is 1.59. The highest BCUT2D eigenvalue weighted by Crippen LogP contribution is 2.26. The molecule has 2 aromatic rings. The minimum Gasteiger partial charge on any atom is -0.495 e. The number of aromatic nitrogens is 2. The Morgan fingerprint density at radius 1 is 1.38 bits per heavy atom. The van der Waals surface area contributed by atoms with Gasteiger partial charge in [0, 0.05) is 11.3 Å². The van der Waals surface area contributed by atoms with Crippen LogP contribution in [0.4, 0.5) is 5.69 Å². The minimum atomic E-state index is -2.99. The standard InChI is InChI=1S/C19H25N5O4S/c1-13-16(14(2)24(23-13)15-8-9-29(26,27)12-15)10-21-22-19(25)11-20-17-6-4-5-7-18(17)28-3/h4-7,10,15,20H,8-9,11-12H2,1-3H3,(H,22,25)/b21-10-/t15-/m1/s1. The first-order chi connectivity index (χ1) is 13.8. The van der Waals surface area contributed by atoms with E-state index in [4.69, 9.17) is 4.74 Å². The molecule has 2 N–H and O–H groups in total. The molecule has 0 aliphatic carbocycles. The summed E-state index contributed by atoms with van der Waals surface area (Å²) in [5.41, 5.74) is 5.53. The quantitative estimate of drug-likeness (QED) is 0.518. The number of hydrogen-bond acceptors (Lipinski definition) is 7. The van der Waals surface area contributed by atoms with Gasteiger partial charge in [0.05, 0.1) is 48.8 Å². The van der Waals surface area contributed by atoms with Gasteiger partial charge < -0.3 is 10.1 Å². The van der Waals surface area contributed by atoms with E-state index in [1.54, 1.807) is 24.1 Å². The molecule has 0 spiro atoms. The summed E-state index contributed by atoms with van der Waals surface area (Å²) in [5, 5.41) is 11.5. The second-order valence-electron chi connectivity index (χ2n) is 6.93. The molecule has 0 unspecified atom stereocenters. The molecule has 10 heteroatoms. The van der Waals surface area contributed by atoms with Crippen LogP contribution in [0.5, 0.6) is 5.75 Å². The van der Waals surface area contributed by atoms with Gasteiger partial charge in [0.25, 0.3) is 5.91 Å². The van der Waals surface area contributed by atoms with Gasteiger partial charge in [-0.3, -0.25) is 9.48 Å². The number of carbonyl (C=O) groups excluding carboxylic acids is 1. The normalized spacial score (nSPS) is 18.1. The van der Waals surface area contributed by atoms with Gasteiger partial charge in [0.15, 0.2) is 9.84 Å². The van der Waals surface area contributed by atoms with Gasteiger partial charge in [-0.25, -0.2) is 13.8 Å². The van der Waals surface area contributed by atoms with Crippen molar-refractivity contribution < 1.29 is 17.9 Å². The largest absolute Gasteiger partial charge is 0.495 e. The topological polar surface area (TPSA) is 115 Å². The number of nitrogens with zero attached hydrogens (tertiary/aromatic N) is 3. The van der Waals surface area contributed by atoms with Gasteiger partial charge in [0.1, 0.15) is 5.75 Å². The maximum absolute atomic E-state index is 12.0. The number of anilines is 1. The second kappa shape index (κ2) is 8.64. The fourth-order valence-corrected chi connectivity index (χ4v) is 5.05. The molecule has 1 amide bonds. The number of carbonyl (C=O) groups is 1. The third kappa shape index (κ3) is 4.94. The van der Waals surface area contributed by atoms with Crippen molar-refractivity contribution in [2.75, 3.05) is 30.5 Å². The lowest BCUT2D eigenvalue weighted by Crippen LogP contribution is -2.26. The number of methoxy groups -OCH3 is 1.